The van der Waals surface area contributed by atoms with Gasteiger partial charge < -0.3 is 15.4 Å². The van der Waals surface area contributed by atoms with E-state index in [0.29, 0.717) is 25.3 Å². The van der Waals surface area contributed by atoms with Crippen LogP contribution in [0.15, 0.2) is 24.3 Å². The molecule has 0 bridgehead atoms. The van der Waals surface area contributed by atoms with Gasteiger partial charge in [-0.3, -0.25) is 9.59 Å². The van der Waals surface area contributed by atoms with Gasteiger partial charge in [0.15, 0.2) is 0 Å². The summed E-state index contributed by atoms with van der Waals surface area (Å²) in [4.78, 5) is 25.5. The summed E-state index contributed by atoms with van der Waals surface area (Å²) in [5.74, 6) is 0.177. The van der Waals surface area contributed by atoms with Gasteiger partial charge in [-0.1, -0.05) is 13.3 Å². The number of primary amides is 1. The lowest BCUT2D eigenvalue weighted by molar-refractivity contribution is -0.123. The van der Waals surface area contributed by atoms with E-state index in [1.807, 2.05) is 12.1 Å². The zero-order chi connectivity index (χ0) is 15.9. The molecule has 5 heteroatoms. The maximum atomic E-state index is 12.5. The fraction of sp³-hybridized carbons (Fsp3) is 0.529. The molecule has 1 aromatic carbocycles. The van der Waals surface area contributed by atoms with Crippen molar-refractivity contribution >= 4 is 11.8 Å². The number of carbonyl (C=O) groups excluding carboxylic acids is 2. The smallest absolute Gasteiger partial charge is 0.253 e. The van der Waals surface area contributed by atoms with Crippen LogP contribution in [0.5, 0.6) is 5.75 Å². The Morgan fingerprint density at radius 2 is 2.05 bits per heavy atom. The monoisotopic (exact) mass is 304 g/mol. The van der Waals surface area contributed by atoms with Crippen LogP contribution in [0.25, 0.3) is 0 Å². The van der Waals surface area contributed by atoms with Crippen LogP contribution in [0, 0.1) is 5.92 Å². The number of carbonyl (C=O) groups is 2. The first-order chi connectivity index (χ1) is 10.6. The number of unbranched alkanes of at least 4 members (excludes halogenated alkanes) is 1. The van der Waals surface area contributed by atoms with Gasteiger partial charge in [-0.15, -0.1) is 0 Å². The minimum atomic E-state index is -0.322. The molecular formula is C17H24N2O3. The lowest BCUT2D eigenvalue weighted by Gasteiger charge is -2.31. The van der Waals surface area contributed by atoms with E-state index in [4.69, 9.17) is 10.5 Å². The standard InChI is InChI=1S/C17H24N2O3/c1-2-3-11-22-15-8-6-13(7-9-15)17(21)19-10-4-5-14(12-19)16(18)20/h6-9,14H,2-5,10-12H2,1H3,(H2,18,20). The summed E-state index contributed by atoms with van der Waals surface area (Å²) < 4.78 is 5.59. The minimum absolute atomic E-state index is 0.0499. The highest BCUT2D eigenvalue weighted by Crippen LogP contribution is 2.20. The normalized spacial score (nSPS) is 18.0. The van der Waals surface area contributed by atoms with E-state index in [-0.39, 0.29) is 17.7 Å². The lowest BCUT2D eigenvalue weighted by atomic mass is 9.97. The van der Waals surface area contributed by atoms with Crippen molar-refractivity contribution < 1.29 is 14.3 Å². The van der Waals surface area contributed by atoms with Gasteiger partial charge >= 0.3 is 0 Å². The molecule has 5 nitrogen and oxygen atoms in total. The zero-order valence-electron chi connectivity index (χ0n) is 13.1. The third kappa shape index (κ3) is 4.23. The van der Waals surface area contributed by atoms with E-state index < -0.39 is 0 Å². The van der Waals surface area contributed by atoms with Crippen LogP contribution >= 0.6 is 0 Å². The van der Waals surface area contributed by atoms with Crippen molar-refractivity contribution in [3.63, 3.8) is 0 Å². The number of hydrogen-bond acceptors (Lipinski definition) is 3. The average Bonchev–Trinajstić information content (AvgIpc) is 2.55. The molecule has 2 amide bonds. The number of nitrogens with zero attached hydrogens (tertiary/aromatic N) is 1. The van der Waals surface area contributed by atoms with E-state index in [0.717, 1.165) is 31.4 Å². The Labute approximate surface area is 131 Å². The van der Waals surface area contributed by atoms with Gasteiger partial charge in [-0.25, -0.2) is 0 Å². The Bertz CT molecular complexity index is 513. The van der Waals surface area contributed by atoms with Crippen LogP contribution in [0.3, 0.4) is 0 Å². The summed E-state index contributed by atoms with van der Waals surface area (Å²) in [6.07, 6.45) is 3.69. The summed E-state index contributed by atoms with van der Waals surface area (Å²) in [6.45, 7) is 3.90. The van der Waals surface area contributed by atoms with E-state index in [1.165, 1.54) is 0 Å². The molecular weight excluding hydrogens is 280 g/mol. The minimum Gasteiger partial charge on any atom is -0.494 e. The summed E-state index contributed by atoms with van der Waals surface area (Å²) >= 11 is 0. The Balaban J connectivity index is 1.95. The number of hydrogen-bond donors (Lipinski definition) is 1. The highest BCUT2D eigenvalue weighted by molar-refractivity contribution is 5.94. The molecule has 1 saturated heterocycles. The van der Waals surface area contributed by atoms with Crippen LogP contribution in [-0.4, -0.2) is 36.4 Å². The van der Waals surface area contributed by atoms with Crippen LogP contribution in [-0.2, 0) is 4.79 Å². The van der Waals surface area contributed by atoms with Gasteiger partial charge in [-0.05, 0) is 43.5 Å². The number of amides is 2. The zero-order valence-corrected chi connectivity index (χ0v) is 13.1. The van der Waals surface area contributed by atoms with Crippen molar-refractivity contribution in [1.82, 2.24) is 4.90 Å². The number of nitrogens with two attached hydrogens (primary N) is 1. The summed E-state index contributed by atoms with van der Waals surface area (Å²) in [7, 11) is 0. The van der Waals surface area contributed by atoms with Gasteiger partial charge in [-0.2, -0.15) is 0 Å². The topological polar surface area (TPSA) is 72.6 Å². The fourth-order valence-electron chi connectivity index (χ4n) is 2.60. The Morgan fingerprint density at radius 3 is 2.68 bits per heavy atom. The summed E-state index contributed by atoms with van der Waals surface area (Å²) in [5, 5.41) is 0. The quantitative estimate of drug-likeness (QED) is 0.819. The van der Waals surface area contributed by atoms with E-state index in [1.54, 1.807) is 17.0 Å². The summed E-state index contributed by atoms with van der Waals surface area (Å²) in [5.41, 5.74) is 5.97. The summed E-state index contributed by atoms with van der Waals surface area (Å²) in [6, 6.07) is 7.19. The molecule has 1 fully saturated rings. The van der Waals surface area contributed by atoms with Crippen molar-refractivity contribution in [1.29, 1.82) is 0 Å². The number of benzene rings is 1. The Kier molecular flexibility index (Phi) is 5.81. The van der Waals surface area contributed by atoms with Crippen molar-refractivity contribution in [2.45, 2.75) is 32.6 Å². The molecule has 2 N–H and O–H groups in total. The van der Waals surface area contributed by atoms with Crippen LogP contribution in [0.1, 0.15) is 43.0 Å². The van der Waals surface area contributed by atoms with Gasteiger partial charge in [0.2, 0.25) is 5.91 Å². The second kappa shape index (κ2) is 7.82. The molecule has 1 atom stereocenters. The first-order valence-corrected chi connectivity index (χ1v) is 7.93. The van der Waals surface area contributed by atoms with Crippen molar-refractivity contribution in [3.05, 3.63) is 29.8 Å². The van der Waals surface area contributed by atoms with E-state index in [9.17, 15) is 9.59 Å². The second-order valence-corrected chi connectivity index (χ2v) is 5.72. The second-order valence-electron chi connectivity index (χ2n) is 5.72. The molecule has 0 aromatic heterocycles. The SMILES string of the molecule is CCCCOc1ccc(C(=O)N2CCCC(C(N)=O)C2)cc1. The molecule has 22 heavy (non-hydrogen) atoms. The molecule has 0 spiro atoms. The predicted molar refractivity (Wildman–Crippen MR) is 84.7 cm³/mol. The van der Waals surface area contributed by atoms with Gasteiger partial charge in [0.1, 0.15) is 5.75 Å². The molecule has 1 aromatic rings. The maximum Gasteiger partial charge on any atom is 0.253 e. The lowest BCUT2D eigenvalue weighted by Crippen LogP contribution is -2.44. The Hall–Kier alpha value is -2.04. The highest BCUT2D eigenvalue weighted by Gasteiger charge is 2.27. The largest absolute Gasteiger partial charge is 0.494 e. The molecule has 0 aliphatic carbocycles. The van der Waals surface area contributed by atoms with Crippen molar-refractivity contribution in [2.75, 3.05) is 19.7 Å². The first-order valence-electron chi connectivity index (χ1n) is 7.93. The van der Waals surface area contributed by atoms with Gasteiger partial charge in [0.05, 0.1) is 12.5 Å². The third-order valence-electron chi connectivity index (χ3n) is 3.98. The van der Waals surface area contributed by atoms with E-state index >= 15 is 0 Å². The molecule has 0 saturated carbocycles. The van der Waals surface area contributed by atoms with Crippen molar-refractivity contribution in [3.8, 4) is 5.75 Å². The van der Waals surface area contributed by atoms with Crippen LogP contribution in [0.2, 0.25) is 0 Å². The average molecular weight is 304 g/mol. The predicted octanol–water partition coefficient (Wildman–Crippen LogP) is 2.20. The number of likely N-dealkylation sites (tertiary alicyclic amines) is 1. The van der Waals surface area contributed by atoms with Gasteiger partial charge in [0.25, 0.3) is 5.91 Å². The molecule has 1 aliphatic rings. The van der Waals surface area contributed by atoms with Crippen LogP contribution < -0.4 is 10.5 Å². The molecule has 1 unspecified atom stereocenters. The molecule has 1 aliphatic heterocycles. The maximum absolute atomic E-state index is 12.5. The third-order valence-corrected chi connectivity index (χ3v) is 3.98. The van der Waals surface area contributed by atoms with Gasteiger partial charge in [0, 0.05) is 18.7 Å². The molecule has 1 heterocycles. The molecule has 0 radical (unpaired) electrons. The Morgan fingerprint density at radius 1 is 1.32 bits per heavy atom. The fourth-order valence-corrected chi connectivity index (χ4v) is 2.60. The first kappa shape index (κ1) is 16.3. The molecule has 2 rings (SSSR count). The van der Waals surface area contributed by atoms with Crippen molar-refractivity contribution in [2.24, 2.45) is 11.7 Å². The number of ether oxygens (including phenoxy) is 1. The molecule has 120 valence electrons. The number of piperidine rings is 1. The van der Waals surface area contributed by atoms with E-state index in [2.05, 4.69) is 6.92 Å². The number of rotatable bonds is 6. The highest BCUT2D eigenvalue weighted by atomic mass is 16.5. The van der Waals surface area contributed by atoms with Crippen LogP contribution in [0.4, 0.5) is 0 Å².